The molecule has 0 saturated carbocycles. The van der Waals surface area contributed by atoms with E-state index in [9.17, 15) is 5.26 Å². The van der Waals surface area contributed by atoms with Crippen molar-refractivity contribution < 1.29 is 0 Å². The molecule has 0 aliphatic carbocycles. The van der Waals surface area contributed by atoms with E-state index in [1.807, 2.05) is 44.8 Å². The molecule has 0 amide bonds. The Bertz CT molecular complexity index is 1310. The Morgan fingerprint density at radius 1 is 1.09 bits per heavy atom. The van der Waals surface area contributed by atoms with Crippen LogP contribution in [0.5, 0.6) is 0 Å². The number of aryl methyl sites for hydroxylation is 1. The fraction of sp³-hybridized carbons (Fsp3) is 0.348. The number of anilines is 1. The van der Waals surface area contributed by atoms with E-state index in [1.54, 1.807) is 21.6 Å². The van der Waals surface area contributed by atoms with Gasteiger partial charge in [-0.1, -0.05) is 6.92 Å². The highest BCUT2D eigenvalue weighted by atomic mass is 35.5. The molecule has 9 nitrogen and oxygen atoms in total. The van der Waals surface area contributed by atoms with E-state index in [2.05, 4.69) is 33.4 Å². The molecule has 5 rings (SSSR count). The SMILES string of the molecule is CN[C@@H]1CN(c2ccc(-c3nc(-c4cnn(C)c4)cn4ncc(C#N)c34)cn2)CC[C@@H]1C.Cl.Cl. The largest absolute Gasteiger partial charge is 0.355 e. The van der Waals surface area contributed by atoms with Crippen LogP contribution in [0.2, 0.25) is 0 Å². The zero-order valence-corrected chi connectivity index (χ0v) is 20.8. The van der Waals surface area contributed by atoms with Crippen molar-refractivity contribution in [1.29, 1.82) is 5.26 Å². The van der Waals surface area contributed by atoms with Gasteiger partial charge in [0.1, 0.15) is 23.0 Å². The molecule has 0 spiro atoms. The van der Waals surface area contributed by atoms with Gasteiger partial charge in [-0.2, -0.15) is 15.5 Å². The second-order valence-electron chi connectivity index (χ2n) is 8.35. The number of hydrogen-bond donors (Lipinski definition) is 1. The van der Waals surface area contributed by atoms with Crippen LogP contribution >= 0.6 is 24.8 Å². The summed E-state index contributed by atoms with van der Waals surface area (Å²) in [5.74, 6) is 1.60. The predicted molar refractivity (Wildman–Crippen MR) is 136 cm³/mol. The van der Waals surface area contributed by atoms with Crippen molar-refractivity contribution in [3.8, 4) is 28.6 Å². The molecule has 0 radical (unpaired) electrons. The number of nitrogens with one attached hydrogen (secondary N) is 1. The second kappa shape index (κ2) is 10.4. The molecule has 34 heavy (non-hydrogen) atoms. The summed E-state index contributed by atoms with van der Waals surface area (Å²) in [6.07, 6.45) is 10.0. The Balaban J connectivity index is 0.00000162. The van der Waals surface area contributed by atoms with E-state index in [1.165, 1.54) is 0 Å². The maximum atomic E-state index is 9.60. The van der Waals surface area contributed by atoms with Gasteiger partial charge in [0.15, 0.2) is 0 Å². The molecule has 1 N–H and O–H groups in total. The molecule has 4 aromatic heterocycles. The van der Waals surface area contributed by atoms with Crippen molar-refractivity contribution in [2.75, 3.05) is 25.0 Å². The molecule has 1 fully saturated rings. The van der Waals surface area contributed by atoms with Crippen LogP contribution in [0.4, 0.5) is 5.82 Å². The smallest absolute Gasteiger partial charge is 0.128 e. The van der Waals surface area contributed by atoms with Gasteiger partial charge in [0.2, 0.25) is 0 Å². The zero-order chi connectivity index (χ0) is 22.2. The number of rotatable bonds is 4. The minimum atomic E-state index is 0. The van der Waals surface area contributed by atoms with E-state index < -0.39 is 0 Å². The Morgan fingerprint density at radius 3 is 2.56 bits per heavy atom. The van der Waals surface area contributed by atoms with E-state index in [0.717, 1.165) is 42.1 Å². The summed E-state index contributed by atoms with van der Waals surface area (Å²) in [4.78, 5) is 12.0. The molecule has 178 valence electrons. The number of pyridine rings is 1. The summed E-state index contributed by atoms with van der Waals surface area (Å²) < 4.78 is 3.44. The highest BCUT2D eigenvalue weighted by Crippen LogP contribution is 2.30. The number of hydrogen-bond acceptors (Lipinski definition) is 7. The molecule has 1 saturated heterocycles. The number of nitriles is 1. The monoisotopic (exact) mass is 499 g/mol. The molecule has 4 aromatic rings. The molecule has 0 bridgehead atoms. The average Bonchev–Trinajstić information content (AvgIpc) is 3.45. The Labute approximate surface area is 210 Å². The third kappa shape index (κ3) is 4.57. The average molecular weight is 500 g/mol. The molecule has 0 aromatic carbocycles. The number of piperidine rings is 1. The van der Waals surface area contributed by atoms with Crippen LogP contribution in [-0.2, 0) is 7.05 Å². The second-order valence-corrected chi connectivity index (χ2v) is 8.35. The summed E-state index contributed by atoms with van der Waals surface area (Å²) in [6, 6.07) is 6.74. The molecular formula is C23H27Cl2N9. The first-order valence-corrected chi connectivity index (χ1v) is 10.7. The molecule has 0 unspecified atom stereocenters. The van der Waals surface area contributed by atoms with Crippen LogP contribution in [-0.4, -0.2) is 55.5 Å². The van der Waals surface area contributed by atoms with Crippen LogP contribution in [0.25, 0.3) is 28.0 Å². The van der Waals surface area contributed by atoms with Crippen molar-refractivity contribution >= 4 is 36.1 Å². The molecule has 1 aliphatic heterocycles. The number of fused-ring (bicyclic) bond motifs is 1. The number of aromatic nitrogens is 6. The van der Waals surface area contributed by atoms with Gasteiger partial charge in [-0.25, -0.2) is 14.5 Å². The predicted octanol–water partition coefficient (Wildman–Crippen LogP) is 3.34. The Hall–Kier alpha value is -3.19. The van der Waals surface area contributed by atoms with E-state index in [0.29, 0.717) is 28.7 Å². The fourth-order valence-electron chi connectivity index (χ4n) is 4.36. The first-order chi connectivity index (χ1) is 15.6. The van der Waals surface area contributed by atoms with Gasteiger partial charge in [0, 0.05) is 49.7 Å². The lowest BCUT2D eigenvalue weighted by Gasteiger charge is -2.37. The highest BCUT2D eigenvalue weighted by molar-refractivity contribution is 5.86. The normalized spacial score (nSPS) is 17.6. The summed E-state index contributed by atoms with van der Waals surface area (Å²) in [6.45, 7) is 4.22. The third-order valence-electron chi connectivity index (χ3n) is 6.29. The van der Waals surface area contributed by atoms with E-state index in [4.69, 9.17) is 9.97 Å². The number of nitrogens with zero attached hydrogens (tertiary/aromatic N) is 8. The fourth-order valence-corrected chi connectivity index (χ4v) is 4.36. The van der Waals surface area contributed by atoms with Crippen LogP contribution in [0.15, 0.2) is 43.1 Å². The van der Waals surface area contributed by atoms with Crippen molar-refractivity contribution in [3.63, 3.8) is 0 Å². The summed E-state index contributed by atoms with van der Waals surface area (Å²) >= 11 is 0. The van der Waals surface area contributed by atoms with Gasteiger partial charge in [-0.05, 0) is 31.5 Å². The minimum Gasteiger partial charge on any atom is -0.355 e. The van der Waals surface area contributed by atoms with Crippen molar-refractivity contribution in [3.05, 3.63) is 48.7 Å². The van der Waals surface area contributed by atoms with Crippen LogP contribution < -0.4 is 10.2 Å². The molecule has 2 atom stereocenters. The zero-order valence-electron chi connectivity index (χ0n) is 19.2. The topological polar surface area (TPSA) is 100.0 Å². The van der Waals surface area contributed by atoms with Gasteiger partial charge in [0.05, 0.1) is 30.0 Å². The lowest BCUT2D eigenvalue weighted by molar-refractivity contribution is 0.337. The summed E-state index contributed by atoms with van der Waals surface area (Å²) in [5.41, 5.74) is 4.30. The van der Waals surface area contributed by atoms with E-state index >= 15 is 0 Å². The van der Waals surface area contributed by atoms with E-state index in [-0.39, 0.29) is 24.8 Å². The third-order valence-corrected chi connectivity index (χ3v) is 6.29. The standard InChI is InChI=1S/C23H25N9.2ClH/c1-15-6-7-31(13-19(15)25-2)21-5-4-16(9-26-21)22-23-17(8-24)10-28-32(23)14-20(29-22)18-11-27-30(3)12-18;;/h4-5,9-12,14-15,19,25H,6-7,13H2,1-3H3;2*1H/t15-,19+;;/m0../s1. The van der Waals surface area contributed by atoms with Gasteiger partial charge >= 0.3 is 0 Å². The lowest BCUT2D eigenvalue weighted by Crippen LogP contribution is -2.49. The first-order valence-electron chi connectivity index (χ1n) is 10.7. The lowest BCUT2D eigenvalue weighted by atomic mass is 9.93. The molecule has 5 heterocycles. The first kappa shape index (κ1) is 25.4. The maximum absolute atomic E-state index is 9.60. The van der Waals surface area contributed by atoms with Crippen molar-refractivity contribution in [1.82, 2.24) is 34.7 Å². The van der Waals surface area contributed by atoms with Crippen LogP contribution in [0.3, 0.4) is 0 Å². The number of likely N-dealkylation sites (N-methyl/N-ethyl adjacent to an activating group) is 1. The quantitative estimate of drug-likeness (QED) is 0.459. The summed E-state index contributed by atoms with van der Waals surface area (Å²) in [7, 11) is 3.89. The van der Waals surface area contributed by atoms with Crippen molar-refractivity contribution in [2.45, 2.75) is 19.4 Å². The van der Waals surface area contributed by atoms with Gasteiger partial charge in [-0.15, -0.1) is 24.8 Å². The Morgan fingerprint density at radius 2 is 1.91 bits per heavy atom. The van der Waals surface area contributed by atoms with Gasteiger partial charge < -0.3 is 10.2 Å². The number of halogens is 2. The molecule has 1 aliphatic rings. The highest BCUT2D eigenvalue weighted by Gasteiger charge is 2.25. The Kier molecular flexibility index (Phi) is 7.77. The summed E-state index contributed by atoms with van der Waals surface area (Å²) in [5, 5.41) is 21.6. The van der Waals surface area contributed by atoms with Crippen LogP contribution in [0, 0.1) is 17.2 Å². The van der Waals surface area contributed by atoms with Crippen LogP contribution in [0.1, 0.15) is 18.9 Å². The van der Waals surface area contributed by atoms with Crippen molar-refractivity contribution in [2.24, 2.45) is 13.0 Å². The molecule has 11 heteroatoms. The minimum absolute atomic E-state index is 0. The van der Waals surface area contributed by atoms with Gasteiger partial charge in [0.25, 0.3) is 0 Å². The molecular weight excluding hydrogens is 473 g/mol. The maximum Gasteiger partial charge on any atom is 0.128 e. The van der Waals surface area contributed by atoms with Gasteiger partial charge in [-0.3, -0.25) is 4.68 Å².